The maximum Gasteiger partial charge on any atom is 0.0595 e. The highest BCUT2D eigenvalue weighted by atomic mass is 79.9. The van der Waals surface area contributed by atoms with Crippen molar-refractivity contribution < 1.29 is 0 Å². The van der Waals surface area contributed by atoms with E-state index < -0.39 is 0 Å². The van der Waals surface area contributed by atoms with Crippen molar-refractivity contribution in [3.63, 3.8) is 0 Å². The molecule has 1 rings (SSSR count). The topological polar surface area (TPSA) is 12.0 Å². The third kappa shape index (κ3) is 5.85. The lowest BCUT2D eigenvalue weighted by Gasteiger charge is -2.20. The van der Waals surface area contributed by atoms with Crippen LogP contribution in [0.5, 0.6) is 0 Å². The second-order valence-electron chi connectivity index (χ2n) is 4.96. The fourth-order valence-electron chi connectivity index (χ4n) is 2.36. The van der Waals surface area contributed by atoms with Gasteiger partial charge < -0.3 is 5.32 Å². The summed E-state index contributed by atoms with van der Waals surface area (Å²) in [6.45, 7) is 5.38. The fraction of sp³-hybridized carbons (Fsp3) is 0.625. The van der Waals surface area contributed by atoms with Crippen molar-refractivity contribution in [2.45, 2.75) is 58.4 Å². The molecule has 0 aliphatic carbocycles. The summed E-state index contributed by atoms with van der Waals surface area (Å²) in [5, 5.41) is 4.40. The molecule has 3 heteroatoms. The second kappa shape index (κ2) is 9.79. The number of benzene rings is 1. The van der Waals surface area contributed by atoms with E-state index in [4.69, 9.17) is 11.6 Å². The Morgan fingerprint density at radius 1 is 1.16 bits per heavy atom. The van der Waals surface area contributed by atoms with Gasteiger partial charge in [-0.3, -0.25) is 0 Å². The van der Waals surface area contributed by atoms with E-state index in [0.29, 0.717) is 6.04 Å². The lowest BCUT2D eigenvalue weighted by atomic mass is 9.99. The summed E-state index contributed by atoms with van der Waals surface area (Å²) in [5.41, 5.74) is 1.22. The Labute approximate surface area is 131 Å². The molecular formula is C16H25BrClN. The van der Waals surface area contributed by atoms with Crippen molar-refractivity contribution in [1.29, 1.82) is 0 Å². The Kier molecular flexibility index (Phi) is 8.76. The molecule has 0 bridgehead atoms. The number of rotatable bonds is 9. The van der Waals surface area contributed by atoms with Crippen LogP contribution in [-0.2, 0) is 0 Å². The highest BCUT2D eigenvalue weighted by Gasteiger charge is 2.14. The molecule has 0 amide bonds. The quantitative estimate of drug-likeness (QED) is 0.532. The maximum absolute atomic E-state index is 6.40. The molecule has 1 aromatic rings. The van der Waals surface area contributed by atoms with Crippen molar-refractivity contribution in [3.8, 4) is 0 Å². The molecule has 0 fully saturated rings. The van der Waals surface area contributed by atoms with E-state index in [1.165, 1.54) is 37.7 Å². The molecule has 0 aromatic heterocycles. The highest BCUT2D eigenvalue weighted by Crippen LogP contribution is 2.32. The van der Waals surface area contributed by atoms with Gasteiger partial charge in [-0.05, 0) is 40.5 Å². The van der Waals surface area contributed by atoms with Crippen LogP contribution < -0.4 is 5.32 Å². The van der Waals surface area contributed by atoms with E-state index in [9.17, 15) is 0 Å². The zero-order chi connectivity index (χ0) is 14.1. The number of nitrogens with one attached hydrogen (secondary N) is 1. The van der Waals surface area contributed by atoms with Gasteiger partial charge in [-0.2, -0.15) is 0 Å². The third-order valence-corrected chi connectivity index (χ3v) is 4.71. The van der Waals surface area contributed by atoms with Gasteiger partial charge in [-0.25, -0.2) is 0 Å². The Balaban J connectivity index is 2.58. The Morgan fingerprint density at radius 3 is 2.58 bits per heavy atom. The largest absolute Gasteiger partial charge is 0.310 e. The molecule has 1 N–H and O–H groups in total. The van der Waals surface area contributed by atoms with Crippen LogP contribution in [0.25, 0.3) is 0 Å². The van der Waals surface area contributed by atoms with Crippen LogP contribution in [0.15, 0.2) is 22.7 Å². The Hall–Kier alpha value is -0.0500. The van der Waals surface area contributed by atoms with Gasteiger partial charge in [-0.15, -0.1) is 0 Å². The molecule has 0 heterocycles. The second-order valence-corrected chi connectivity index (χ2v) is 6.19. The predicted molar refractivity (Wildman–Crippen MR) is 88.9 cm³/mol. The summed E-state index contributed by atoms with van der Waals surface area (Å²) < 4.78 is 0.987. The van der Waals surface area contributed by atoms with E-state index in [-0.39, 0.29) is 0 Å². The zero-order valence-electron chi connectivity index (χ0n) is 12.0. The summed E-state index contributed by atoms with van der Waals surface area (Å²) in [6.07, 6.45) is 7.74. The highest BCUT2D eigenvalue weighted by molar-refractivity contribution is 9.10. The first-order valence-corrected chi connectivity index (χ1v) is 8.55. The molecule has 19 heavy (non-hydrogen) atoms. The van der Waals surface area contributed by atoms with E-state index >= 15 is 0 Å². The van der Waals surface area contributed by atoms with Crippen molar-refractivity contribution in [3.05, 3.63) is 33.3 Å². The molecule has 108 valence electrons. The molecule has 1 nitrogen and oxygen atoms in total. The molecule has 0 saturated carbocycles. The molecule has 0 radical (unpaired) electrons. The molecule has 1 aromatic carbocycles. The first-order valence-electron chi connectivity index (χ1n) is 7.38. The maximum atomic E-state index is 6.40. The Morgan fingerprint density at radius 2 is 1.89 bits per heavy atom. The molecule has 0 spiro atoms. The van der Waals surface area contributed by atoms with Crippen molar-refractivity contribution in [2.75, 3.05) is 6.54 Å². The van der Waals surface area contributed by atoms with Crippen molar-refractivity contribution >= 4 is 27.5 Å². The van der Waals surface area contributed by atoms with Crippen LogP contribution in [0.3, 0.4) is 0 Å². The van der Waals surface area contributed by atoms with Crippen LogP contribution >= 0.6 is 27.5 Å². The van der Waals surface area contributed by atoms with Crippen LogP contribution in [0, 0.1) is 0 Å². The van der Waals surface area contributed by atoms with E-state index in [1.54, 1.807) is 0 Å². The fourth-order valence-corrected chi connectivity index (χ4v) is 2.99. The van der Waals surface area contributed by atoms with Gasteiger partial charge in [0.15, 0.2) is 0 Å². The van der Waals surface area contributed by atoms with Gasteiger partial charge in [0.25, 0.3) is 0 Å². The number of hydrogen-bond donors (Lipinski definition) is 1. The molecule has 1 unspecified atom stereocenters. The van der Waals surface area contributed by atoms with Crippen LogP contribution in [0.2, 0.25) is 5.02 Å². The van der Waals surface area contributed by atoms with Gasteiger partial charge in [0, 0.05) is 10.5 Å². The molecule has 0 aliphatic heterocycles. The number of hydrogen-bond acceptors (Lipinski definition) is 1. The lowest BCUT2D eigenvalue weighted by molar-refractivity contribution is 0.479. The van der Waals surface area contributed by atoms with E-state index in [2.05, 4.69) is 47.2 Å². The average molecular weight is 347 g/mol. The minimum atomic E-state index is 0.372. The van der Waals surface area contributed by atoms with E-state index in [1.807, 2.05) is 6.07 Å². The molecule has 0 aliphatic rings. The van der Waals surface area contributed by atoms with Crippen LogP contribution in [0.4, 0.5) is 0 Å². The minimum absolute atomic E-state index is 0.372. The number of halogens is 2. The van der Waals surface area contributed by atoms with Gasteiger partial charge in [0.2, 0.25) is 0 Å². The normalized spacial score (nSPS) is 12.6. The summed E-state index contributed by atoms with van der Waals surface area (Å²) >= 11 is 9.91. The van der Waals surface area contributed by atoms with Gasteiger partial charge in [0.1, 0.15) is 0 Å². The lowest BCUT2D eigenvalue weighted by Crippen LogP contribution is -2.21. The SMILES string of the molecule is CCCCCCCC(NCC)c1cccc(Br)c1Cl. The molecule has 0 saturated heterocycles. The van der Waals surface area contributed by atoms with Gasteiger partial charge in [0.05, 0.1) is 5.02 Å². The molecule has 1 atom stereocenters. The first kappa shape index (κ1) is 17.0. The summed E-state index contributed by atoms with van der Waals surface area (Å²) in [5.74, 6) is 0. The van der Waals surface area contributed by atoms with Gasteiger partial charge in [-0.1, -0.05) is 69.7 Å². The predicted octanol–water partition coefficient (Wildman–Crippen LogP) is 6.11. The summed E-state index contributed by atoms with van der Waals surface area (Å²) in [7, 11) is 0. The smallest absolute Gasteiger partial charge is 0.0595 e. The minimum Gasteiger partial charge on any atom is -0.310 e. The summed E-state index contributed by atoms with van der Waals surface area (Å²) in [6, 6.07) is 6.56. The first-order chi connectivity index (χ1) is 9.20. The average Bonchev–Trinajstić information content (AvgIpc) is 2.41. The van der Waals surface area contributed by atoms with Crippen LogP contribution in [0.1, 0.15) is 64.0 Å². The Bertz CT molecular complexity index is 368. The van der Waals surface area contributed by atoms with Crippen molar-refractivity contribution in [1.82, 2.24) is 5.32 Å². The van der Waals surface area contributed by atoms with Crippen LogP contribution in [-0.4, -0.2) is 6.54 Å². The van der Waals surface area contributed by atoms with E-state index in [0.717, 1.165) is 22.5 Å². The summed E-state index contributed by atoms with van der Waals surface area (Å²) in [4.78, 5) is 0. The van der Waals surface area contributed by atoms with Crippen molar-refractivity contribution in [2.24, 2.45) is 0 Å². The molecular weight excluding hydrogens is 322 g/mol. The zero-order valence-corrected chi connectivity index (χ0v) is 14.4. The monoisotopic (exact) mass is 345 g/mol. The van der Waals surface area contributed by atoms with Gasteiger partial charge >= 0.3 is 0 Å². The standard InChI is InChI=1S/C16H25BrClN/c1-3-5-6-7-8-12-15(19-4-2)13-10-9-11-14(17)16(13)18/h9-11,15,19H,3-8,12H2,1-2H3. The number of unbranched alkanes of at least 4 members (excludes halogenated alkanes) is 4. The third-order valence-electron chi connectivity index (χ3n) is 3.40.